The molecular formula is C19H28N2O2S. The Kier molecular flexibility index (Phi) is 4.67. The summed E-state index contributed by atoms with van der Waals surface area (Å²) in [4.78, 5) is 18.5. The molecule has 2 atom stereocenters. The molecule has 132 valence electrons. The average molecular weight is 349 g/mol. The molecule has 1 aromatic rings. The van der Waals surface area contributed by atoms with Crippen LogP contribution in [0, 0.1) is 5.92 Å². The van der Waals surface area contributed by atoms with Crippen molar-refractivity contribution in [3.05, 3.63) is 21.9 Å². The molecule has 2 fully saturated rings. The molecule has 3 heterocycles. The van der Waals surface area contributed by atoms with Crippen LogP contribution in [0.4, 0.5) is 0 Å². The zero-order chi connectivity index (χ0) is 16.6. The summed E-state index contributed by atoms with van der Waals surface area (Å²) in [6.07, 6.45) is 7.05. The lowest BCUT2D eigenvalue weighted by atomic mass is 9.71. The number of hydrogen-bond acceptors (Lipinski definition) is 4. The van der Waals surface area contributed by atoms with E-state index in [-0.39, 0.29) is 5.91 Å². The van der Waals surface area contributed by atoms with Crippen LogP contribution in [0.5, 0.6) is 0 Å². The molecule has 1 N–H and O–H groups in total. The molecule has 5 heteroatoms. The number of piperidine rings is 1. The Morgan fingerprint density at radius 2 is 2.25 bits per heavy atom. The first-order valence-corrected chi connectivity index (χ1v) is 10.3. The highest BCUT2D eigenvalue weighted by Crippen LogP contribution is 2.39. The normalized spacial score (nSPS) is 30.7. The van der Waals surface area contributed by atoms with E-state index in [2.05, 4.69) is 16.3 Å². The molecule has 0 aromatic carbocycles. The van der Waals surface area contributed by atoms with E-state index in [1.54, 1.807) is 0 Å². The molecule has 4 rings (SSSR count). The average Bonchev–Trinajstić information content (AvgIpc) is 3.07. The Morgan fingerprint density at radius 3 is 3.17 bits per heavy atom. The fraction of sp³-hybridized carbons (Fsp3) is 0.737. The van der Waals surface area contributed by atoms with E-state index < -0.39 is 5.60 Å². The Morgan fingerprint density at radius 1 is 1.33 bits per heavy atom. The highest BCUT2D eigenvalue weighted by atomic mass is 32.1. The van der Waals surface area contributed by atoms with Gasteiger partial charge in [-0.3, -0.25) is 4.79 Å². The van der Waals surface area contributed by atoms with Crippen molar-refractivity contribution in [3.8, 4) is 0 Å². The Bertz CT molecular complexity index is 602. The molecule has 2 aliphatic heterocycles. The summed E-state index contributed by atoms with van der Waals surface area (Å²) >= 11 is 1.82. The summed E-state index contributed by atoms with van der Waals surface area (Å²) in [5.41, 5.74) is 0.922. The first-order chi connectivity index (χ1) is 11.6. The van der Waals surface area contributed by atoms with Gasteiger partial charge in [0, 0.05) is 49.9 Å². The fourth-order valence-corrected chi connectivity index (χ4v) is 5.61. The van der Waals surface area contributed by atoms with Crippen LogP contribution in [0.15, 0.2) is 11.4 Å². The number of amides is 1. The van der Waals surface area contributed by atoms with Crippen molar-refractivity contribution in [2.45, 2.75) is 57.1 Å². The number of hydrogen-bond donors (Lipinski definition) is 1. The van der Waals surface area contributed by atoms with Crippen molar-refractivity contribution < 1.29 is 9.90 Å². The first kappa shape index (κ1) is 16.6. The lowest BCUT2D eigenvalue weighted by Crippen LogP contribution is -2.53. The third-order valence-electron chi connectivity index (χ3n) is 6.31. The van der Waals surface area contributed by atoms with Crippen LogP contribution in [0.25, 0.3) is 0 Å². The van der Waals surface area contributed by atoms with E-state index in [9.17, 15) is 9.90 Å². The van der Waals surface area contributed by atoms with Gasteiger partial charge in [0.1, 0.15) is 0 Å². The van der Waals surface area contributed by atoms with Gasteiger partial charge in [-0.2, -0.15) is 0 Å². The van der Waals surface area contributed by atoms with Gasteiger partial charge in [0.2, 0.25) is 5.91 Å². The molecule has 4 nitrogen and oxygen atoms in total. The highest BCUT2D eigenvalue weighted by Gasteiger charge is 2.42. The predicted octanol–water partition coefficient (Wildman–Crippen LogP) is 2.65. The SMILES string of the molecule is O=C(CCN1CCC2(O)CCCCC2C1)N1CCc2sccc2C1. The van der Waals surface area contributed by atoms with Gasteiger partial charge in [-0.1, -0.05) is 12.8 Å². The van der Waals surface area contributed by atoms with E-state index in [0.717, 1.165) is 58.4 Å². The zero-order valence-electron chi connectivity index (χ0n) is 14.4. The Balaban J connectivity index is 1.27. The van der Waals surface area contributed by atoms with Gasteiger partial charge in [0.05, 0.1) is 5.60 Å². The molecule has 1 saturated heterocycles. The number of nitrogens with zero attached hydrogens (tertiary/aromatic N) is 2. The van der Waals surface area contributed by atoms with Crippen LogP contribution < -0.4 is 0 Å². The summed E-state index contributed by atoms with van der Waals surface area (Å²) < 4.78 is 0. The van der Waals surface area contributed by atoms with Crippen molar-refractivity contribution in [1.82, 2.24) is 9.80 Å². The van der Waals surface area contributed by atoms with Crippen LogP contribution in [-0.4, -0.2) is 52.6 Å². The van der Waals surface area contributed by atoms with Crippen molar-refractivity contribution in [1.29, 1.82) is 0 Å². The zero-order valence-corrected chi connectivity index (χ0v) is 15.2. The maximum atomic E-state index is 12.6. The van der Waals surface area contributed by atoms with Gasteiger partial charge in [-0.05, 0) is 42.7 Å². The lowest BCUT2D eigenvalue weighted by Gasteiger charge is -2.47. The van der Waals surface area contributed by atoms with Crippen molar-refractivity contribution >= 4 is 17.2 Å². The summed E-state index contributed by atoms with van der Waals surface area (Å²) in [5.74, 6) is 0.704. The molecule has 1 aromatic heterocycles. The van der Waals surface area contributed by atoms with Crippen LogP contribution in [0.3, 0.4) is 0 Å². The van der Waals surface area contributed by atoms with Crippen LogP contribution in [0.2, 0.25) is 0 Å². The molecule has 0 bridgehead atoms. The fourth-order valence-electron chi connectivity index (χ4n) is 4.72. The van der Waals surface area contributed by atoms with Gasteiger partial charge in [0.15, 0.2) is 0 Å². The number of carbonyl (C=O) groups is 1. The molecule has 24 heavy (non-hydrogen) atoms. The molecule has 1 saturated carbocycles. The molecule has 0 radical (unpaired) electrons. The van der Waals surface area contributed by atoms with Crippen LogP contribution >= 0.6 is 11.3 Å². The predicted molar refractivity (Wildman–Crippen MR) is 96.0 cm³/mol. The van der Waals surface area contributed by atoms with Crippen LogP contribution in [-0.2, 0) is 17.8 Å². The molecular weight excluding hydrogens is 320 g/mol. The second-order valence-corrected chi connectivity index (χ2v) is 8.78. The van der Waals surface area contributed by atoms with Crippen molar-refractivity contribution in [2.24, 2.45) is 5.92 Å². The van der Waals surface area contributed by atoms with E-state index in [4.69, 9.17) is 0 Å². The minimum atomic E-state index is -0.416. The Labute approximate surface area is 148 Å². The van der Waals surface area contributed by atoms with Gasteiger partial charge < -0.3 is 14.9 Å². The van der Waals surface area contributed by atoms with Crippen molar-refractivity contribution in [3.63, 3.8) is 0 Å². The second-order valence-electron chi connectivity index (χ2n) is 7.78. The number of thiophene rings is 1. The van der Waals surface area contributed by atoms with E-state index in [0.29, 0.717) is 12.3 Å². The maximum absolute atomic E-state index is 12.6. The number of rotatable bonds is 3. The standard InChI is InChI=1S/C19H28N2O2S/c22-18(21-10-4-17-15(13-21)6-12-24-17)5-9-20-11-8-19(23)7-2-1-3-16(19)14-20/h6,12,16,23H,1-5,7-11,13-14H2. The largest absolute Gasteiger partial charge is 0.390 e. The number of fused-ring (bicyclic) bond motifs is 2. The van der Waals surface area contributed by atoms with Gasteiger partial charge in [0.25, 0.3) is 0 Å². The maximum Gasteiger partial charge on any atom is 0.224 e. The molecule has 0 spiro atoms. The summed E-state index contributed by atoms with van der Waals surface area (Å²) in [7, 11) is 0. The number of aliphatic hydroxyl groups is 1. The quantitative estimate of drug-likeness (QED) is 0.913. The van der Waals surface area contributed by atoms with Gasteiger partial charge in [-0.15, -0.1) is 11.3 Å². The third kappa shape index (κ3) is 3.26. The minimum Gasteiger partial charge on any atom is -0.390 e. The van der Waals surface area contributed by atoms with E-state index >= 15 is 0 Å². The molecule has 1 aliphatic carbocycles. The Hall–Kier alpha value is -0.910. The monoisotopic (exact) mass is 348 g/mol. The summed E-state index contributed by atoms with van der Waals surface area (Å²) in [5, 5.41) is 12.9. The van der Waals surface area contributed by atoms with Gasteiger partial charge >= 0.3 is 0 Å². The number of carbonyl (C=O) groups excluding carboxylic acids is 1. The van der Waals surface area contributed by atoms with Crippen LogP contribution in [0.1, 0.15) is 49.0 Å². The topological polar surface area (TPSA) is 43.8 Å². The molecule has 3 aliphatic rings. The summed E-state index contributed by atoms with van der Waals surface area (Å²) in [6, 6.07) is 2.16. The summed E-state index contributed by atoms with van der Waals surface area (Å²) in [6.45, 7) is 4.42. The first-order valence-electron chi connectivity index (χ1n) is 9.42. The molecule has 2 unspecified atom stereocenters. The highest BCUT2D eigenvalue weighted by molar-refractivity contribution is 7.10. The van der Waals surface area contributed by atoms with Gasteiger partial charge in [-0.25, -0.2) is 0 Å². The minimum absolute atomic E-state index is 0.288. The van der Waals surface area contributed by atoms with Crippen molar-refractivity contribution in [2.75, 3.05) is 26.2 Å². The van der Waals surface area contributed by atoms with E-state index in [1.807, 2.05) is 16.2 Å². The number of likely N-dealkylation sites (tertiary alicyclic amines) is 1. The smallest absolute Gasteiger partial charge is 0.224 e. The lowest BCUT2D eigenvalue weighted by molar-refractivity contribution is -0.133. The molecule has 1 amide bonds. The third-order valence-corrected chi connectivity index (χ3v) is 7.34. The van der Waals surface area contributed by atoms with E-state index in [1.165, 1.54) is 23.3 Å². The second kappa shape index (κ2) is 6.77.